The van der Waals surface area contributed by atoms with E-state index in [2.05, 4.69) is 21.7 Å². The molecule has 1 aromatic heterocycles. The van der Waals surface area contributed by atoms with E-state index in [9.17, 15) is 4.39 Å². The summed E-state index contributed by atoms with van der Waals surface area (Å²) in [6.45, 7) is 3.49. The summed E-state index contributed by atoms with van der Waals surface area (Å²) in [6, 6.07) is 9.04. The van der Waals surface area contributed by atoms with Crippen LogP contribution < -0.4 is 15.4 Å². The third-order valence-electron chi connectivity index (χ3n) is 2.99. The molecule has 0 spiro atoms. The second kappa shape index (κ2) is 8.38. The van der Waals surface area contributed by atoms with E-state index in [0.29, 0.717) is 19.1 Å². The largest absolute Gasteiger partial charge is 0.491 e. The molecule has 118 valence electrons. The van der Waals surface area contributed by atoms with Crippen LogP contribution in [0.5, 0.6) is 5.75 Å². The van der Waals surface area contributed by atoms with Gasteiger partial charge in [0.05, 0.1) is 13.2 Å². The number of hydrogen-bond acceptors (Lipinski definition) is 3. The Morgan fingerprint density at radius 3 is 2.73 bits per heavy atom. The maximum atomic E-state index is 13.8. The summed E-state index contributed by atoms with van der Waals surface area (Å²) in [5.74, 6) is 0.622. The van der Waals surface area contributed by atoms with Crippen molar-refractivity contribution < 1.29 is 9.13 Å². The molecule has 2 aromatic rings. The van der Waals surface area contributed by atoms with Gasteiger partial charge < -0.3 is 15.4 Å². The predicted octanol–water partition coefficient (Wildman–Crippen LogP) is 3.15. The molecule has 1 heterocycles. The SMILES string of the molecule is CCOc1ccc(CNC(=NC)NCc2cccs2)cc1F. The van der Waals surface area contributed by atoms with E-state index >= 15 is 0 Å². The molecule has 0 atom stereocenters. The minimum absolute atomic E-state index is 0.284. The van der Waals surface area contributed by atoms with Crippen molar-refractivity contribution >= 4 is 17.3 Å². The molecule has 1 aromatic carbocycles. The zero-order valence-corrected chi connectivity index (χ0v) is 13.5. The van der Waals surface area contributed by atoms with E-state index in [0.717, 1.165) is 12.1 Å². The van der Waals surface area contributed by atoms with Gasteiger partial charge in [0.2, 0.25) is 0 Å². The van der Waals surface area contributed by atoms with Crippen molar-refractivity contribution in [2.24, 2.45) is 4.99 Å². The van der Waals surface area contributed by atoms with Crippen molar-refractivity contribution in [3.63, 3.8) is 0 Å². The molecular formula is C16H20FN3OS. The minimum atomic E-state index is -0.345. The number of nitrogens with zero attached hydrogens (tertiary/aromatic N) is 1. The molecule has 0 radical (unpaired) electrons. The van der Waals surface area contributed by atoms with E-state index in [1.54, 1.807) is 24.5 Å². The number of guanidine groups is 1. The Labute approximate surface area is 134 Å². The fourth-order valence-electron chi connectivity index (χ4n) is 1.92. The molecule has 0 unspecified atom stereocenters. The van der Waals surface area contributed by atoms with Crippen LogP contribution in [0.2, 0.25) is 0 Å². The molecule has 0 aliphatic carbocycles. The van der Waals surface area contributed by atoms with Gasteiger partial charge in [-0.1, -0.05) is 12.1 Å². The first-order chi connectivity index (χ1) is 10.7. The predicted molar refractivity (Wildman–Crippen MR) is 88.9 cm³/mol. The standard InChI is InChI=1S/C16H20FN3OS/c1-3-21-15-7-6-12(9-14(15)17)10-19-16(18-2)20-11-13-5-4-8-22-13/h4-9H,3,10-11H2,1-2H3,(H2,18,19,20). The lowest BCUT2D eigenvalue weighted by Gasteiger charge is -2.12. The second-order valence-electron chi connectivity index (χ2n) is 4.56. The number of rotatable bonds is 6. The summed E-state index contributed by atoms with van der Waals surface area (Å²) in [5, 5.41) is 8.42. The lowest BCUT2D eigenvalue weighted by Crippen LogP contribution is -2.36. The van der Waals surface area contributed by atoms with Crippen LogP contribution in [0, 0.1) is 5.82 Å². The molecular weight excluding hydrogens is 301 g/mol. The van der Waals surface area contributed by atoms with E-state index in [4.69, 9.17) is 4.74 Å². The number of nitrogens with one attached hydrogen (secondary N) is 2. The fraction of sp³-hybridized carbons (Fsp3) is 0.312. The molecule has 6 heteroatoms. The van der Waals surface area contributed by atoms with Crippen molar-refractivity contribution in [1.82, 2.24) is 10.6 Å². The molecule has 0 saturated carbocycles. The van der Waals surface area contributed by atoms with E-state index in [1.165, 1.54) is 10.9 Å². The molecule has 0 amide bonds. The van der Waals surface area contributed by atoms with E-state index in [-0.39, 0.29) is 11.6 Å². The van der Waals surface area contributed by atoms with Crippen LogP contribution in [-0.4, -0.2) is 19.6 Å². The maximum absolute atomic E-state index is 13.8. The van der Waals surface area contributed by atoms with Crippen molar-refractivity contribution in [2.45, 2.75) is 20.0 Å². The van der Waals surface area contributed by atoms with Gasteiger partial charge in [0.25, 0.3) is 0 Å². The zero-order valence-electron chi connectivity index (χ0n) is 12.7. The Morgan fingerprint density at radius 1 is 1.27 bits per heavy atom. The fourth-order valence-corrected chi connectivity index (χ4v) is 2.56. The van der Waals surface area contributed by atoms with Crippen LogP contribution in [0.4, 0.5) is 4.39 Å². The highest BCUT2D eigenvalue weighted by Crippen LogP contribution is 2.18. The molecule has 2 N–H and O–H groups in total. The van der Waals surface area contributed by atoms with E-state index < -0.39 is 0 Å². The molecule has 0 bridgehead atoms. The summed E-state index contributed by atoms with van der Waals surface area (Å²) in [6.07, 6.45) is 0. The lowest BCUT2D eigenvalue weighted by molar-refractivity contribution is 0.321. The Kier molecular flexibility index (Phi) is 6.21. The summed E-state index contributed by atoms with van der Waals surface area (Å²) >= 11 is 1.69. The minimum Gasteiger partial charge on any atom is -0.491 e. The topological polar surface area (TPSA) is 45.6 Å². The summed E-state index contributed by atoms with van der Waals surface area (Å²) in [4.78, 5) is 5.38. The Bertz CT molecular complexity index is 614. The van der Waals surface area contributed by atoms with Crippen LogP contribution in [-0.2, 0) is 13.1 Å². The summed E-state index contributed by atoms with van der Waals surface area (Å²) in [7, 11) is 1.71. The first kappa shape index (κ1) is 16.3. The molecule has 0 fully saturated rings. The zero-order chi connectivity index (χ0) is 15.8. The van der Waals surface area contributed by atoms with Crippen LogP contribution in [0.25, 0.3) is 0 Å². The van der Waals surface area contributed by atoms with Crippen molar-refractivity contribution in [1.29, 1.82) is 0 Å². The second-order valence-corrected chi connectivity index (χ2v) is 5.59. The normalized spacial score (nSPS) is 11.3. The maximum Gasteiger partial charge on any atom is 0.191 e. The first-order valence-corrected chi connectivity index (χ1v) is 7.99. The van der Waals surface area contributed by atoms with Crippen LogP contribution >= 0.6 is 11.3 Å². The van der Waals surface area contributed by atoms with Gasteiger partial charge in [-0.3, -0.25) is 4.99 Å². The number of ether oxygens (including phenoxy) is 1. The Morgan fingerprint density at radius 2 is 2.09 bits per heavy atom. The third-order valence-corrected chi connectivity index (χ3v) is 3.87. The molecule has 4 nitrogen and oxygen atoms in total. The molecule has 2 rings (SSSR count). The number of halogens is 1. The van der Waals surface area contributed by atoms with Gasteiger partial charge >= 0.3 is 0 Å². The molecule has 0 aliphatic heterocycles. The van der Waals surface area contributed by atoms with Crippen molar-refractivity contribution in [2.75, 3.05) is 13.7 Å². The van der Waals surface area contributed by atoms with Crippen LogP contribution in [0.15, 0.2) is 40.7 Å². The number of thiophene rings is 1. The molecule has 0 saturated heterocycles. The third kappa shape index (κ3) is 4.73. The Balaban J connectivity index is 1.86. The van der Waals surface area contributed by atoms with Gasteiger partial charge in [-0.15, -0.1) is 11.3 Å². The van der Waals surface area contributed by atoms with Crippen molar-refractivity contribution in [3.8, 4) is 5.75 Å². The number of benzene rings is 1. The first-order valence-electron chi connectivity index (χ1n) is 7.11. The quantitative estimate of drug-likeness (QED) is 0.634. The van der Waals surface area contributed by atoms with Gasteiger partial charge in [-0.25, -0.2) is 4.39 Å². The molecule has 22 heavy (non-hydrogen) atoms. The smallest absolute Gasteiger partial charge is 0.191 e. The molecule has 0 aliphatic rings. The average molecular weight is 321 g/mol. The monoisotopic (exact) mass is 321 g/mol. The van der Waals surface area contributed by atoms with Gasteiger partial charge in [0.1, 0.15) is 0 Å². The highest BCUT2D eigenvalue weighted by atomic mass is 32.1. The van der Waals surface area contributed by atoms with Gasteiger partial charge in [0.15, 0.2) is 17.5 Å². The number of aliphatic imine (C=N–C) groups is 1. The van der Waals surface area contributed by atoms with E-state index in [1.807, 2.05) is 24.4 Å². The van der Waals surface area contributed by atoms with Gasteiger partial charge in [-0.2, -0.15) is 0 Å². The lowest BCUT2D eigenvalue weighted by atomic mass is 10.2. The number of hydrogen-bond donors (Lipinski definition) is 2. The van der Waals surface area contributed by atoms with Crippen LogP contribution in [0.3, 0.4) is 0 Å². The van der Waals surface area contributed by atoms with Gasteiger partial charge in [-0.05, 0) is 36.1 Å². The average Bonchev–Trinajstić information content (AvgIpc) is 3.03. The highest BCUT2D eigenvalue weighted by molar-refractivity contribution is 7.09. The Hall–Kier alpha value is -2.08. The summed E-state index contributed by atoms with van der Waals surface area (Å²) in [5.41, 5.74) is 0.833. The van der Waals surface area contributed by atoms with Gasteiger partial charge in [0, 0.05) is 18.5 Å². The van der Waals surface area contributed by atoms with Crippen LogP contribution in [0.1, 0.15) is 17.4 Å². The summed E-state index contributed by atoms with van der Waals surface area (Å²) < 4.78 is 19.0. The highest BCUT2D eigenvalue weighted by Gasteiger charge is 2.05. The van der Waals surface area contributed by atoms with Crippen molar-refractivity contribution in [3.05, 3.63) is 52.0 Å².